The SMILES string of the molecule is Cc1ccc(OCCCN(C)Cc2ncccc2C)c(C)c1. The average molecular weight is 298 g/mol. The summed E-state index contributed by atoms with van der Waals surface area (Å²) in [5.41, 5.74) is 4.88. The summed E-state index contributed by atoms with van der Waals surface area (Å²) in [7, 11) is 2.13. The van der Waals surface area contributed by atoms with Crippen LogP contribution in [0.3, 0.4) is 0 Å². The van der Waals surface area contributed by atoms with Crippen molar-refractivity contribution in [2.24, 2.45) is 0 Å². The van der Waals surface area contributed by atoms with Crippen LogP contribution < -0.4 is 4.74 Å². The van der Waals surface area contributed by atoms with Crippen molar-refractivity contribution < 1.29 is 4.74 Å². The zero-order valence-electron chi connectivity index (χ0n) is 14.1. The Morgan fingerprint density at radius 2 is 1.91 bits per heavy atom. The number of pyridine rings is 1. The van der Waals surface area contributed by atoms with Crippen LogP contribution in [-0.4, -0.2) is 30.1 Å². The summed E-state index contributed by atoms with van der Waals surface area (Å²) in [6.07, 6.45) is 2.87. The fourth-order valence-electron chi connectivity index (χ4n) is 2.50. The van der Waals surface area contributed by atoms with E-state index < -0.39 is 0 Å². The van der Waals surface area contributed by atoms with E-state index in [2.05, 4.69) is 62.0 Å². The molecule has 0 amide bonds. The normalized spacial score (nSPS) is 11.0. The lowest BCUT2D eigenvalue weighted by atomic mass is 10.1. The van der Waals surface area contributed by atoms with Crippen LogP contribution in [0.25, 0.3) is 0 Å². The molecule has 2 rings (SSSR count). The molecule has 1 aromatic heterocycles. The quantitative estimate of drug-likeness (QED) is 0.725. The molecule has 0 N–H and O–H groups in total. The van der Waals surface area contributed by atoms with Crippen molar-refractivity contribution in [3.8, 4) is 5.75 Å². The third-order valence-corrected chi connectivity index (χ3v) is 3.81. The van der Waals surface area contributed by atoms with Crippen LogP contribution in [0.2, 0.25) is 0 Å². The summed E-state index contributed by atoms with van der Waals surface area (Å²) < 4.78 is 5.87. The van der Waals surface area contributed by atoms with E-state index in [1.165, 1.54) is 16.7 Å². The zero-order chi connectivity index (χ0) is 15.9. The summed E-state index contributed by atoms with van der Waals surface area (Å²) in [5, 5.41) is 0. The summed E-state index contributed by atoms with van der Waals surface area (Å²) in [6.45, 7) is 8.94. The highest BCUT2D eigenvalue weighted by molar-refractivity contribution is 5.35. The van der Waals surface area contributed by atoms with Crippen molar-refractivity contribution in [3.05, 3.63) is 58.9 Å². The Morgan fingerprint density at radius 3 is 2.64 bits per heavy atom. The third kappa shape index (κ3) is 4.85. The van der Waals surface area contributed by atoms with Gasteiger partial charge in [0.2, 0.25) is 0 Å². The van der Waals surface area contributed by atoms with Gasteiger partial charge in [-0.1, -0.05) is 23.8 Å². The predicted molar refractivity (Wildman–Crippen MR) is 91.3 cm³/mol. The molecule has 0 bridgehead atoms. The summed E-state index contributed by atoms with van der Waals surface area (Å²) in [6, 6.07) is 10.4. The number of nitrogens with zero attached hydrogens (tertiary/aromatic N) is 2. The first kappa shape index (κ1) is 16.5. The van der Waals surface area contributed by atoms with E-state index in [-0.39, 0.29) is 0 Å². The largest absolute Gasteiger partial charge is 0.493 e. The van der Waals surface area contributed by atoms with Crippen LogP contribution in [0, 0.1) is 20.8 Å². The van der Waals surface area contributed by atoms with Crippen molar-refractivity contribution in [3.63, 3.8) is 0 Å². The van der Waals surface area contributed by atoms with Gasteiger partial charge in [0.1, 0.15) is 5.75 Å². The average Bonchev–Trinajstić information content (AvgIpc) is 2.48. The smallest absolute Gasteiger partial charge is 0.122 e. The molecule has 0 aliphatic carbocycles. The van der Waals surface area contributed by atoms with Gasteiger partial charge in [0.25, 0.3) is 0 Å². The molecular weight excluding hydrogens is 272 g/mol. The fourth-order valence-corrected chi connectivity index (χ4v) is 2.50. The summed E-state index contributed by atoms with van der Waals surface area (Å²) in [4.78, 5) is 6.73. The highest BCUT2D eigenvalue weighted by atomic mass is 16.5. The van der Waals surface area contributed by atoms with Crippen LogP contribution >= 0.6 is 0 Å². The van der Waals surface area contributed by atoms with Gasteiger partial charge in [-0.05, 0) is 57.5 Å². The van der Waals surface area contributed by atoms with Crippen LogP contribution in [0.5, 0.6) is 5.75 Å². The predicted octanol–water partition coefficient (Wildman–Crippen LogP) is 3.91. The first-order valence-electron chi connectivity index (χ1n) is 7.85. The molecule has 0 fully saturated rings. The van der Waals surface area contributed by atoms with Gasteiger partial charge < -0.3 is 9.64 Å². The molecule has 1 heterocycles. The summed E-state index contributed by atoms with van der Waals surface area (Å²) in [5.74, 6) is 0.994. The number of rotatable bonds is 7. The van der Waals surface area contributed by atoms with Gasteiger partial charge in [0, 0.05) is 19.3 Å². The highest BCUT2D eigenvalue weighted by Crippen LogP contribution is 2.18. The molecule has 3 nitrogen and oxygen atoms in total. The number of ether oxygens (including phenoxy) is 1. The van der Waals surface area contributed by atoms with E-state index in [1.807, 2.05) is 12.3 Å². The number of aryl methyl sites for hydroxylation is 3. The van der Waals surface area contributed by atoms with E-state index in [1.54, 1.807) is 0 Å². The monoisotopic (exact) mass is 298 g/mol. The van der Waals surface area contributed by atoms with Crippen LogP contribution in [0.1, 0.15) is 28.8 Å². The minimum atomic E-state index is 0.745. The van der Waals surface area contributed by atoms with Crippen LogP contribution in [-0.2, 0) is 6.54 Å². The Hall–Kier alpha value is -1.87. The second-order valence-corrected chi connectivity index (χ2v) is 5.98. The van der Waals surface area contributed by atoms with E-state index in [0.717, 1.165) is 37.6 Å². The number of hydrogen-bond donors (Lipinski definition) is 0. The molecule has 0 aliphatic rings. The van der Waals surface area contributed by atoms with Gasteiger partial charge in [0.15, 0.2) is 0 Å². The second-order valence-electron chi connectivity index (χ2n) is 5.98. The van der Waals surface area contributed by atoms with Gasteiger partial charge in [-0.3, -0.25) is 4.98 Å². The standard InChI is InChI=1S/C19H26N2O/c1-15-8-9-19(17(3)13-15)22-12-6-11-21(4)14-18-16(2)7-5-10-20-18/h5,7-10,13H,6,11-12,14H2,1-4H3. The van der Waals surface area contributed by atoms with Gasteiger partial charge >= 0.3 is 0 Å². The second kappa shape index (κ2) is 7.95. The van der Waals surface area contributed by atoms with Crippen molar-refractivity contribution in [2.75, 3.05) is 20.2 Å². The molecule has 1 aromatic carbocycles. The van der Waals surface area contributed by atoms with Crippen LogP contribution in [0.4, 0.5) is 0 Å². The Labute approximate surface area is 134 Å². The van der Waals surface area contributed by atoms with Crippen molar-refractivity contribution >= 4 is 0 Å². The first-order chi connectivity index (χ1) is 10.6. The third-order valence-electron chi connectivity index (χ3n) is 3.81. The van der Waals surface area contributed by atoms with Gasteiger partial charge in [-0.2, -0.15) is 0 Å². The molecule has 3 heteroatoms. The first-order valence-corrected chi connectivity index (χ1v) is 7.85. The molecule has 0 radical (unpaired) electrons. The topological polar surface area (TPSA) is 25.4 Å². The number of benzene rings is 1. The Bertz CT molecular complexity index is 610. The molecule has 0 saturated carbocycles. The van der Waals surface area contributed by atoms with E-state index in [0.29, 0.717) is 0 Å². The molecule has 0 aliphatic heterocycles. The van der Waals surface area contributed by atoms with E-state index >= 15 is 0 Å². The van der Waals surface area contributed by atoms with Crippen molar-refractivity contribution in [1.82, 2.24) is 9.88 Å². The van der Waals surface area contributed by atoms with Crippen molar-refractivity contribution in [2.45, 2.75) is 33.7 Å². The van der Waals surface area contributed by atoms with E-state index in [9.17, 15) is 0 Å². The molecule has 0 unspecified atom stereocenters. The van der Waals surface area contributed by atoms with Crippen LogP contribution in [0.15, 0.2) is 36.5 Å². The lowest BCUT2D eigenvalue weighted by molar-refractivity contribution is 0.256. The van der Waals surface area contributed by atoms with Gasteiger partial charge in [-0.25, -0.2) is 0 Å². The van der Waals surface area contributed by atoms with Gasteiger partial charge in [0.05, 0.1) is 12.3 Å². The number of hydrogen-bond acceptors (Lipinski definition) is 3. The minimum Gasteiger partial charge on any atom is -0.493 e. The fraction of sp³-hybridized carbons (Fsp3) is 0.421. The summed E-state index contributed by atoms with van der Waals surface area (Å²) >= 11 is 0. The molecule has 22 heavy (non-hydrogen) atoms. The zero-order valence-corrected chi connectivity index (χ0v) is 14.1. The maximum atomic E-state index is 5.87. The van der Waals surface area contributed by atoms with Gasteiger partial charge in [-0.15, -0.1) is 0 Å². The molecular formula is C19H26N2O. The molecule has 2 aromatic rings. The Balaban J connectivity index is 1.73. The van der Waals surface area contributed by atoms with Crippen molar-refractivity contribution in [1.29, 1.82) is 0 Å². The minimum absolute atomic E-state index is 0.745. The molecule has 0 saturated heterocycles. The Kier molecular flexibility index (Phi) is 5.96. The lowest BCUT2D eigenvalue weighted by Crippen LogP contribution is -2.22. The molecule has 0 atom stereocenters. The highest BCUT2D eigenvalue weighted by Gasteiger charge is 2.05. The van der Waals surface area contributed by atoms with E-state index in [4.69, 9.17) is 4.74 Å². The molecule has 118 valence electrons. The maximum absolute atomic E-state index is 5.87. The maximum Gasteiger partial charge on any atom is 0.122 e. The lowest BCUT2D eigenvalue weighted by Gasteiger charge is -2.17. The molecule has 0 spiro atoms. The number of aromatic nitrogens is 1. The Morgan fingerprint density at radius 1 is 1.09 bits per heavy atom.